The van der Waals surface area contributed by atoms with Crippen molar-refractivity contribution in [2.75, 3.05) is 26.1 Å². The van der Waals surface area contributed by atoms with E-state index in [1.165, 1.54) is 39.5 Å². The molecule has 1 aromatic heterocycles. The molecule has 170 valence electrons. The molecule has 1 N–H and O–H groups in total. The Morgan fingerprint density at radius 1 is 0.909 bits per heavy atom. The van der Waals surface area contributed by atoms with Crippen molar-refractivity contribution in [1.29, 1.82) is 0 Å². The van der Waals surface area contributed by atoms with Gasteiger partial charge >= 0.3 is 17.9 Å². The number of rotatable bonds is 6. The van der Waals surface area contributed by atoms with E-state index >= 15 is 0 Å². The first-order valence-corrected chi connectivity index (χ1v) is 9.50. The highest BCUT2D eigenvalue weighted by molar-refractivity contribution is 6.04. The Morgan fingerprint density at radius 2 is 1.48 bits per heavy atom. The third kappa shape index (κ3) is 5.03. The maximum absolute atomic E-state index is 12.5. The largest absolute Gasteiger partial charge is 0.465 e. The number of carbonyl (C=O) groups excluding carboxylic acids is 4. The van der Waals surface area contributed by atoms with Crippen LogP contribution in [-0.4, -0.2) is 54.4 Å². The number of fused-ring (bicyclic) bond motifs is 1. The molecule has 0 aliphatic heterocycles. The highest BCUT2D eigenvalue weighted by Gasteiger charge is 2.19. The summed E-state index contributed by atoms with van der Waals surface area (Å²) < 4.78 is 15.3. The molecule has 0 aliphatic carbocycles. The maximum atomic E-state index is 12.5. The van der Waals surface area contributed by atoms with Crippen molar-refractivity contribution in [1.82, 2.24) is 9.78 Å². The molecule has 11 nitrogen and oxygen atoms in total. The fraction of sp³-hybridized carbons (Fsp3) is 0.182. The first-order valence-electron chi connectivity index (χ1n) is 9.50. The molecular formula is C22H19N3O8. The highest BCUT2D eigenvalue weighted by atomic mass is 16.5. The SMILES string of the molecule is COC(=O)c1cc(NC(=O)COC(=O)c2nn(C)c(=O)c3ccccc23)cc(C(=O)OC)c1. The average molecular weight is 453 g/mol. The first-order chi connectivity index (χ1) is 15.7. The number of hydrogen-bond donors (Lipinski definition) is 1. The molecule has 0 radical (unpaired) electrons. The van der Waals surface area contributed by atoms with Gasteiger partial charge in [0.1, 0.15) is 0 Å². The summed E-state index contributed by atoms with van der Waals surface area (Å²) in [6, 6.07) is 10.2. The predicted molar refractivity (Wildman–Crippen MR) is 115 cm³/mol. The molecule has 1 heterocycles. The van der Waals surface area contributed by atoms with Gasteiger partial charge in [0, 0.05) is 18.1 Å². The number of nitrogens with zero attached hydrogens (tertiary/aromatic N) is 2. The van der Waals surface area contributed by atoms with Crippen molar-refractivity contribution in [2.24, 2.45) is 7.05 Å². The number of hydrogen-bond acceptors (Lipinski definition) is 9. The molecule has 3 rings (SSSR count). The number of aryl methyl sites for hydroxylation is 1. The van der Waals surface area contributed by atoms with E-state index in [-0.39, 0.29) is 33.5 Å². The monoisotopic (exact) mass is 453 g/mol. The number of amides is 1. The number of ether oxygens (including phenoxy) is 3. The molecule has 0 spiro atoms. The van der Waals surface area contributed by atoms with E-state index in [1.807, 2.05) is 0 Å². The normalized spacial score (nSPS) is 10.4. The van der Waals surface area contributed by atoms with Crippen LogP contribution in [0, 0.1) is 0 Å². The summed E-state index contributed by atoms with van der Waals surface area (Å²) >= 11 is 0. The first kappa shape index (κ1) is 23.1. The lowest BCUT2D eigenvalue weighted by Crippen LogP contribution is -2.26. The molecule has 0 saturated carbocycles. The topological polar surface area (TPSA) is 143 Å². The molecule has 0 fully saturated rings. The van der Waals surface area contributed by atoms with Crippen LogP contribution in [0.4, 0.5) is 5.69 Å². The molecule has 0 atom stereocenters. The number of anilines is 1. The van der Waals surface area contributed by atoms with Crippen LogP contribution in [0.2, 0.25) is 0 Å². The van der Waals surface area contributed by atoms with Crippen LogP contribution in [0.3, 0.4) is 0 Å². The molecule has 1 amide bonds. The van der Waals surface area contributed by atoms with Gasteiger partial charge in [0.05, 0.1) is 30.7 Å². The van der Waals surface area contributed by atoms with E-state index in [9.17, 15) is 24.0 Å². The van der Waals surface area contributed by atoms with Crippen LogP contribution < -0.4 is 10.9 Å². The summed E-state index contributed by atoms with van der Waals surface area (Å²) in [6.45, 7) is -0.687. The fourth-order valence-electron chi connectivity index (χ4n) is 3.02. The van der Waals surface area contributed by atoms with E-state index in [1.54, 1.807) is 24.3 Å². The second kappa shape index (κ2) is 9.73. The van der Waals surface area contributed by atoms with Gasteiger partial charge in [0.25, 0.3) is 11.5 Å². The van der Waals surface area contributed by atoms with Gasteiger partial charge in [-0.2, -0.15) is 5.10 Å². The molecule has 0 saturated heterocycles. The van der Waals surface area contributed by atoms with Gasteiger partial charge < -0.3 is 19.5 Å². The number of esters is 3. The quantitative estimate of drug-likeness (QED) is 0.431. The minimum absolute atomic E-state index is 0.00793. The number of carbonyl (C=O) groups is 4. The zero-order valence-electron chi connectivity index (χ0n) is 17.9. The molecule has 11 heteroatoms. The lowest BCUT2D eigenvalue weighted by molar-refractivity contribution is -0.119. The van der Waals surface area contributed by atoms with Crippen LogP contribution in [0.1, 0.15) is 31.2 Å². The average Bonchev–Trinajstić information content (AvgIpc) is 2.83. The lowest BCUT2D eigenvalue weighted by Gasteiger charge is -2.11. The standard InChI is InChI=1S/C22H19N3O8/c1-25-19(27)16-7-5-4-6-15(16)18(24-25)22(30)33-11-17(26)23-14-9-12(20(28)31-2)8-13(10-14)21(29)32-3/h4-10H,11H2,1-3H3,(H,23,26). The van der Waals surface area contributed by atoms with Crippen LogP contribution in [0.5, 0.6) is 0 Å². The Bertz CT molecular complexity index is 1290. The minimum Gasteiger partial charge on any atom is -0.465 e. The summed E-state index contributed by atoms with van der Waals surface area (Å²) in [5.74, 6) is -3.10. The van der Waals surface area contributed by atoms with Crippen molar-refractivity contribution in [2.45, 2.75) is 0 Å². The Labute approximate surface area is 186 Å². The van der Waals surface area contributed by atoms with Gasteiger partial charge in [0.2, 0.25) is 0 Å². The van der Waals surface area contributed by atoms with Gasteiger partial charge in [-0.25, -0.2) is 19.1 Å². The maximum Gasteiger partial charge on any atom is 0.359 e. The predicted octanol–water partition coefficient (Wildman–Crippen LogP) is 1.30. The Balaban J connectivity index is 1.77. The summed E-state index contributed by atoms with van der Waals surface area (Å²) in [7, 11) is 3.73. The van der Waals surface area contributed by atoms with Crippen molar-refractivity contribution >= 4 is 40.3 Å². The van der Waals surface area contributed by atoms with E-state index in [0.29, 0.717) is 5.39 Å². The summed E-state index contributed by atoms with van der Waals surface area (Å²) in [4.78, 5) is 60.8. The molecule has 0 unspecified atom stereocenters. The van der Waals surface area contributed by atoms with Gasteiger partial charge in [-0.3, -0.25) is 9.59 Å². The van der Waals surface area contributed by atoms with Gasteiger partial charge in [-0.1, -0.05) is 18.2 Å². The zero-order valence-corrected chi connectivity index (χ0v) is 17.9. The van der Waals surface area contributed by atoms with Gasteiger partial charge in [-0.05, 0) is 24.3 Å². The second-order valence-corrected chi connectivity index (χ2v) is 6.73. The molecule has 2 aromatic carbocycles. The molecule has 33 heavy (non-hydrogen) atoms. The van der Waals surface area contributed by atoms with E-state index in [4.69, 9.17) is 4.74 Å². The van der Waals surface area contributed by atoms with Crippen molar-refractivity contribution in [3.8, 4) is 0 Å². The van der Waals surface area contributed by atoms with Gasteiger partial charge in [-0.15, -0.1) is 0 Å². The van der Waals surface area contributed by atoms with Crippen molar-refractivity contribution in [3.63, 3.8) is 0 Å². The smallest absolute Gasteiger partial charge is 0.359 e. The second-order valence-electron chi connectivity index (χ2n) is 6.73. The lowest BCUT2D eigenvalue weighted by atomic mass is 10.1. The molecule has 0 bridgehead atoms. The van der Waals surface area contributed by atoms with Gasteiger partial charge in [0.15, 0.2) is 12.3 Å². The molecule has 0 aliphatic rings. The van der Waals surface area contributed by atoms with Crippen LogP contribution in [-0.2, 0) is 26.1 Å². The van der Waals surface area contributed by atoms with Crippen LogP contribution in [0.15, 0.2) is 47.3 Å². The third-order valence-electron chi connectivity index (χ3n) is 4.54. The Morgan fingerprint density at radius 3 is 2.06 bits per heavy atom. The van der Waals surface area contributed by atoms with E-state index < -0.39 is 30.4 Å². The van der Waals surface area contributed by atoms with Crippen LogP contribution in [0.25, 0.3) is 10.8 Å². The number of nitrogens with one attached hydrogen (secondary N) is 1. The van der Waals surface area contributed by atoms with Crippen molar-refractivity contribution < 1.29 is 33.4 Å². The van der Waals surface area contributed by atoms with Crippen LogP contribution >= 0.6 is 0 Å². The zero-order chi connectivity index (χ0) is 24.1. The Hall–Kier alpha value is -4.54. The minimum atomic E-state index is -0.907. The summed E-state index contributed by atoms with van der Waals surface area (Å²) in [5.41, 5.74) is -0.403. The molecule has 3 aromatic rings. The highest BCUT2D eigenvalue weighted by Crippen LogP contribution is 2.18. The van der Waals surface area contributed by atoms with E-state index in [0.717, 1.165) is 4.68 Å². The summed E-state index contributed by atoms with van der Waals surface area (Å²) in [6.07, 6.45) is 0. The third-order valence-corrected chi connectivity index (χ3v) is 4.54. The Kier molecular flexibility index (Phi) is 6.82. The number of aromatic nitrogens is 2. The van der Waals surface area contributed by atoms with E-state index in [2.05, 4.69) is 19.9 Å². The number of methoxy groups -OCH3 is 2. The van der Waals surface area contributed by atoms with Crippen molar-refractivity contribution in [3.05, 3.63) is 69.6 Å². The fourth-order valence-corrected chi connectivity index (χ4v) is 3.02. The summed E-state index contributed by atoms with van der Waals surface area (Å²) in [5, 5.41) is 6.95. The number of benzene rings is 2. The molecular weight excluding hydrogens is 434 g/mol.